The lowest BCUT2D eigenvalue weighted by Crippen LogP contribution is -2.43. The molecule has 1 N–H and O–H groups in total. The van der Waals surface area contributed by atoms with Crippen LogP contribution in [0, 0.1) is 5.92 Å². The second kappa shape index (κ2) is 12.3. The van der Waals surface area contributed by atoms with Gasteiger partial charge >= 0.3 is 11.9 Å². The normalized spacial score (nSPS) is 20.4. The highest BCUT2D eigenvalue weighted by atomic mass is 16.5. The summed E-state index contributed by atoms with van der Waals surface area (Å²) in [4.78, 5) is 41.4. The number of Topliss-reactive ketones (excluding diaryl/α,β-unsaturated/α-hetero) is 1. The smallest absolute Gasteiger partial charge is 0.336 e. The zero-order valence-corrected chi connectivity index (χ0v) is 23.7. The predicted octanol–water partition coefficient (Wildman–Crippen LogP) is 4.43. The maximum atomic E-state index is 14.5. The number of nitrogens with one attached hydrogen (secondary N) is 1. The number of carbonyl (C=O) groups excluding carboxylic acids is 3. The van der Waals surface area contributed by atoms with E-state index in [9.17, 15) is 14.4 Å². The molecule has 0 saturated carbocycles. The first-order valence-corrected chi connectivity index (χ1v) is 13.2. The van der Waals surface area contributed by atoms with Crippen molar-refractivity contribution in [2.75, 3.05) is 34.5 Å². The number of para-hydroxylation sites is 1. The number of benzene rings is 2. The third-order valence-electron chi connectivity index (χ3n) is 7.34. The van der Waals surface area contributed by atoms with Crippen molar-refractivity contribution >= 4 is 17.7 Å². The van der Waals surface area contributed by atoms with Gasteiger partial charge in [-0.1, -0.05) is 18.2 Å². The molecule has 0 bridgehead atoms. The van der Waals surface area contributed by atoms with Crippen LogP contribution < -0.4 is 19.5 Å². The fourth-order valence-corrected chi connectivity index (χ4v) is 5.66. The lowest BCUT2D eigenvalue weighted by atomic mass is 9.67. The Balaban J connectivity index is 1.98. The topological polar surface area (TPSA) is 109 Å². The van der Waals surface area contributed by atoms with E-state index in [4.69, 9.17) is 23.7 Å². The van der Waals surface area contributed by atoms with E-state index in [0.717, 1.165) is 5.56 Å². The number of methoxy groups -OCH3 is 3. The Morgan fingerprint density at radius 1 is 0.900 bits per heavy atom. The highest BCUT2D eigenvalue weighted by Crippen LogP contribution is 2.51. The summed E-state index contributed by atoms with van der Waals surface area (Å²) >= 11 is 0. The fraction of sp³-hybridized carbons (Fsp3) is 0.387. The molecular weight excluding hydrogens is 514 g/mol. The Morgan fingerprint density at radius 3 is 2.23 bits per heavy atom. The molecule has 3 atom stereocenters. The van der Waals surface area contributed by atoms with E-state index in [1.807, 2.05) is 18.2 Å². The second-order valence-electron chi connectivity index (χ2n) is 9.46. The molecule has 40 heavy (non-hydrogen) atoms. The molecule has 1 aliphatic carbocycles. The third kappa shape index (κ3) is 5.15. The molecular formula is C31H35NO8. The van der Waals surface area contributed by atoms with Gasteiger partial charge in [0.15, 0.2) is 5.78 Å². The quantitative estimate of drug-likeness (QED) is 0.359. The standard InChI is InChI=1S/C31H35NO8/c1-7-39-30(34)25-17(3)32-22-16-20(19-11-9-10-12-23(19)37-5)27(31(35)40-8-2)29(33)28(22)26(25)21-15-18(36-4)13-14-24(21)38-6/h9-15,20,26-27,32H,7-8,16H2,1-6H3/t20-,26-,27+/m1/s1. The van der Waals surface area contributed by atoms with Gasteiger partial charge in [0, 0.05) is 28.4 Å². The molecule has 2 aromatic rings. The Bertz CT molecular complexity index is 1380. The van der Waals surface area contributed by atoms with Gasteiger partial charge in [-0.2, -0.15) is 0 Å². The molecule has 2 aromatic carbocycles. The molecule has 9 nitrogen and oxygen atoms in total. The third-order valence-corrected chi connectivity index (χ3v) is 7.34. The van der Waals surface area contributed by atoms with Gasteiger partial charge < -0.3 is 29.0 Å². The summed E-state index contributed by atoms with van der Waals surface area (Å²) in [6.45, 7) is 5.46. The molecule has 1 heterocycles. The first kappa shape index (κ1) is 28.7. The van der Waals surface area contributed by atoms with E-state index in [0.29, 0.717) is 46.2 Å². The van der Waals surface area contributed by atoms with Crippen molar-refractivity contribution in [3.63, 3.8) is 0 Å². The predicted molar refractivity (Wildman–Crippen MR) is 147 cm³/mol. The summed E-state index contributed by atoms with van der Waals surface area (Å²) in [5, 5.41) is 3.31. The van der Waals surface area contributed by atoms with Crippen LogP contribution in [-0.2, 0) is 23.9 Å². The number of ether oxygens (including phenoxy) is 5. The minimum absolute atomic E-state index is 0.117. The zero-order valence-electron chi connectivity index (χ0n) is 23.7. The summed E-state index contributed by atoms with van der Waals surface area (Å²) in [6.07, 6.45) is 0.307. The molecule has 0 radical (unpaired) electrons. The number of allylic oxidation sites excluding steroid dienone is 3. The number of carbonyl (C=O) groups is 3. The summed E-state index contributed by atoms with van der Waals surface area (Å²) < 4.78 is 27.6. The Labute approximate surface area is 234 Å². The monoisotopic (exact) mass is 549 g/mol. The van der Waals surface area contributed by atoms with E-state index in [-0.39, 0.29) is 18.8 Å². The van der Waals surface area contributed by atoms with E-state index < -0.39 is 35.5 Å². The lowest BCUT2D eigenvalue weighted by molar-refractivity contribution is -0.152. The van der Waals surface area contributed by atoms with Gasteiger partial charge in [0.2, 0.25) is 0 Å². The minimum atomic E-state index is -1.15. The van der Waals surface area contributed by atoms with E-state index in [1.54, 1.807) is 52.1 Å². The van der Waals surface area contributed by atoms with E-state index in [1.165, 1.54) is 14.2 Å². The number of dihydropyridines is 1. The van der Waals surface area contributed by atoms with Crippen LogP contribution >= 0.6 is 0 Å². The number of rotatable bonds is 9. The van der Waals surface area contributed by atoms with E-state index >= 15 is 0 Å². The average molecular weight is 550 g/mol. The molecule has 0 amide bonds. The first-order chi connectivity index (χ1) is 19.3. The summed E-state index contributed by atoms with van der Waals surface area (Å²) in [5.74, 6) is -2.67. The second-order valence-corrected chi connectivity index (χ2v) is 9.46. The van der Waals surface area contributed by atoms with Crippen LogP contribution in [0.5, 0.6) is 17.2 Å². The fourth-order valence-electron chi connectivity index (χ4n) is 5.66. The lowest BCUT2D eigenvalue weighted by Gasteiger charge is -2.40. The Hall–Kier alpha value is -4.27. The highest BCUT2D eigenvalue weighted by molar-refractivity contribution is 6.13. The maximum absolute atomic E-state index is 14.5. The number of hydrogen-bond acceptors (Lipinski definition) is 9. The molecule has 1 aliphatic heterocycles. The maximum Gasteiger partial charge on any atom is 0.336 e. The van der Waals surface area contributed by atoms with Crippen molar-refractivity contribution < 1.29 is 38.1 Å². The first-order valence-electron chi connectivity index (χ1n) is 13.2. The SMILES string of the molecule is CCOC(=O)C1=C(C)NC2=C(C(=O)[C@@H](C(=O)OCC)[C@@H](c3ccccc3OC)C2)[C@@H]1c1cc(OC)ccc1OC. The van der Waals surface area contributed by atoms with Crippen molar-refractivity contribution in [1.82, 2.24) is 5.32 Å². The van der Waals surface area contributed by atoms with Gasteiger partial charge in [-0.05, 0) is 57.0 Å². The molecule has 2 aliphatic rings. The van der Waals surface area contributed by atoms with Crippen LogP contribution in [0.25, 0.3) is 0 Å². The molecule has 0 fully saturated rings. The van der Waals surface area contributed by atoms with Gasteiger partial charge in [-0.25, -0.2) is 4.79 Å². The number of hydrogen-bond donors (Lipinski definition) is 1. The highest BCUT2D eigenvalue weighted by Gasteiger charge is 2.50. The number of esters is 2. The van der Waals surface area contributed by atoms with E-state index in [2.05, 4.69) is 5.32 Å². The summed E-state index contributed by atoms with van der Waals surface area (Å²) in [5.41, 5.74) is 2.99. The Kier molecular flexibility index (Phi) is 8.82. The zero-order chi connectivity index (χ0) is 29.0. The van der Waals surface area contributed by atoms with Crippen molar-refractivity contribution in [2.24, 2.45) is 5.92 Å². The van der Waals surface area contributed by atoms with Gasteiger partial charge in [0.25, 0.3) is 0 Å². The molecule has 9 heteroatoms. The molecule has 0 unspecified atom stereocenters. The van der Waals surface area contributed by atoms with Gasteiger partial charge in [0.05, 0.1) is 46.0 Å². The van der Waals surface area contributed by atoms with Crippen LogP contribution in [0.3, 0.4) is 0 Å². The largest absolute Gasteiger partial charge is 0.497 e. The number of ketones is 1. The van der Waals surface area contributed by atoms with Gasteiger partial charge in [0.1, 0.15) is 23.2 Å². The minimum Gasteiger partial charge on any atom is -0.497 e. The van der Waals surface area contributed by atoms with Gasteiger partial charge in [-0.15, -0.1) is 0 Å². The summed E-state index contributed by atoms with van der Waals surface area (Å²) in [6, 6.07) is 12.5. The van der Waals surface area contributed by atoms with Crippen LogP contribution in [-0.4, -0.2) is 52.3 Å². The van der Waals surface area contributed by atoms with Crippen molar-refractivity contribution in [3.05, 3.63) is 76.1 Å². The van der Waals surface area contributed by atoms with Crippen molar-refractivity contribution in [2.45, 2.75) is 39.0 Å². The molecule has 0 aromatic heterocycles. The van der Waals surface area contributed by atoms with Crippen LogP contribution in [0.4, 0.5) is 0 Å². The summed E-state index contributed by atoms with van der Waals surface area (Å²) in [7, 11) is 4.60. The Morgan fingerprint density at radius 2 is 1.57 bits per heavy atom. The van der Waals surface area contributed by atoms with Crippen molar-refractivity contribution in [1.29, 1.82) is 0 Å². The van der Waals surface area contributed by atoms with Crippen LogP contribution in [0.1, 0.15) is 50.2 Å². The van der Waals surface area contributed by atoms with Crippen molar-refractivity contribution in [3.8, 4) is 17.2 Å². The van der Waals surface area contributed by atoms with Crippen LogP contribution in [0.15, 0.2) is 65.0 Å². The average Bonchev–Trinajstić information content (AvgIpc) is 2.96. The van der Waals surface area contributed by atoms with Gasteiger partial charge in [-0.3, -0.25) is 9.59 Å². The van der Waals surface area contributed by atoms with Crippen LogP contribution in [0.2, 0.25) is 0 Å². The molecule has 212 valence electrons. The molecule has 0 spiro atoms. The molecule has 4 rings (SSSR count). The molecule has 0 saturated heterocycles.